The molecule has 0 bridgehead atoms. The summed E-state index contributed by atoms with van der Waals surface area (Å²) in [7, 11) is 0. The van der Waals surface area contributed by atoms with E-state index in [0.717, 1.165) is 16.7 Å². The van der Waals surface area contributed by atoms with Crippen LogP contribution in [0.5, 0.6) is 0 Å². The van der Waals surface area contributed by atoms with Gasteiger partial charge in [0.15, 0.2) is 0 Å². The van der Waals surface area contributed by atoms with Crippen molar-refractivity contribution >= 4 is 18.1 Å². The maximum absolute atomic E-state index is 10.8. The standard InChI is InChI=1S/C12H12O2/c1-4-9-6-7-11(12(13)14)8(3)10(9)5-2/h4-7H,1-2H2,3H3,(H,13,14). The van der Waals surface area contributed by atoms with Gasteiger partial charge in [0.1, 0.15) is 0 Å². The number of hydrogen-bond donors (Lipinski definition) is 1. The first-order valence-corrected chi connectivity index (χ1v) is 4.23. The van der Waals surface area contributed by atoms with Gasteiger partial charge in [-0.1, -0.05) is 31.4 Å². The van der Waals surface area contributed by atoms with Gasteiger partial charge in [0.05, 0.1) is 5.56 Å². The normalized spacial score (nSPS) is 9.50. The highest BCUT2D eigenvalue weighted by Gasteiger charge is 2.10. The molecule has 0 spiro atoms. The van der Waals surface area contributed by atoms with Crippen molar-refractivity contribution in [1.82, 2.24) is 0 Å². The van der Waals surface area contributed by atoms with Gasteiger partial charge in [-0.25, -0.2) is 4.79 Å². The fourth-order valence-corrected chi connectivity index (χ4v) is 1.43. The minimum atomic E-state index is -0.916. The average Bonchev–Trinajstić information content (AvgIpc) is 2.16. The van der Waals surface area contributed by atoms with Crippen molar-refractivity contribution in [2.45, 2.75) is 6.92 Å². The van der Waals surface area contributed by atoms with E-state index in [0.29, 0.717) is 5.56 Å². The van der Waals surface area contributed by atoms with Crippen LogP contribution in [0.3, 0.4) is 0 Å². The van der Waals surface area contributed by atoms with Crippen LogP contribution in [0.1, 0.15) is 27.0 Å². The third-order valence-electron chi connectivity index (χ3n) is 2.20. The molecule has 0 amide bonds. The molecule has 1 aromatic rings. The molecule has 0 aliphatic rings. The van der Waals surface area contributed by atoms with Crippen LogP contribution < -0.4 is 0 Å². The molecule has 0 atom stereocenters. The number of carboxylic acids is 1. The molecular weight excluding hydrogens is 176 g/mol. The number of carboxylic acid groups (broad SMARTS) is 1. The van der Waals surface area contributed by atoms with E-state index in [-0.39, 0.29) is 0 Å². The summed E-state index contributed by atoms with van der Waals surface area (Å²) in [6, 6.07) is 3.32. The average molecular weight is 188 g/mol. The molecular formula is C12H12O2. The van der Waals surface area contributed by atoms with Gasteiger partial charge in [0, 0.05) is 0 Å². The molecule has 0 heterocycles. The van der Waals surface area contributed by atoms with E-state index in [1.807, 2.05) is 0 Å². The fraction of sp³-hybridized carbons (Fsp3) is 0.0833. The minimum absolute atomic E-state index is 0.311. The molecule has 0 aliphatic heterocycles. The van der Waals surface area contributed by atoms with Gasteiger partial charge in [0.2, 0.25) is 0 Å². The highest BCUT2D eigenvalue weighted by Crippen LogP contribution is 2.20. The Labute approximate surface area is 83.2 Å². The smallest absolute Gasteiger partial charge is 0.335 e. The van der Waals surface area contributed by atoms with E-state index >= 15 is 0 Å². The van der Waals surface area contributed by atoms with Gasteiger partial charge < -0.3 is 5.11 Å². The first-order valence-electron chi connectivity index (χ1n) is 4.23. The maximum atomic E-state index is 10.8. The number of rotatable bonds is 3. The van der Waals surface area contributed by atoms with Crippen LogP contribution in [0.4, 0.5) is 0 Å². The second-order valence-corrected chi connectivity index (χ2v) is 2.95. The van der Waals surface area contributed by atoms with E-state index in [2.05, 4.69) is 13.2 Å². The summed E-state index contributed by atoms with van der Waals surface area (Å²) in [4.78, 5) is 10.8. The summed E-state index contributed by atoms with van der Waals surface area (Å²) in [5.41, 5.74) is 2.78. The quantitative estimate of drug-likeness (QED) is 0.791. The largest absolute Gasteiger partial charge is 0.478 e. The highest BCUT2D eigenvalue weighted by molar-refractivity contribution is 5.91. The number of aromatic carboxylic acids is 1. The van der Waals surface area contributed by atoms with Crippen LogP contribution >= 0.6 is 0 Å². The molecule has 72 valence electrons. The SMILES string of the molecule is C=Cc1ccc(C(=O)O)c(C)c1C=C. The molecule has 1 aromatic carbocycles. The van der Waals surface area contributed by atoms with Crippen molar-refractivity contribution in [3.8, 4) is 0 Å². The zero-order valence-corrected chi connectivity index (χ0v) is 8.08. The van der Waals surface area contributed by atoms with Gasteiger partial charge in [-0.3, -0.25) is 0 Å². The molecule has 0 aliphatic carbocycles. The lowest BCUT2D eigenvalue weighted by Gasteiger charge is -2.08. The molecule has 0 fully saturated rings. The predicted molar refractivity (Wildman–Crippen MR) is 58.3 cm³/mol. The van der Waals surface area contributed by atoms with Crippen LogP contribution in [0.2, 0.25) is 0 Å². The molecule has 2 nitrogen and oxygen atoms in total. The van der Waals surface area contributed by atoms with E-state index < -0.39 is 5.97 Å². The Morgan fingerprint density at radius 2 is 2.00 bits per heavy atom. The topological polar surface area (TPSA) is 37.3 Å². The zero-order valence-electron chi connectivity index (χ0n) is 8.08. The van der Waals surface area contributed by atoms with Crippen molar-refractivity contribution < 1.29 is 9.90 Å². The van der Waals surface area contributed by atoms with E-state index in [9.17, 15) is 4.79 Å². The van der Waals surface area contributed by atoms with Crippen molar-refractivity contribution in [3.63, 3.8) is 0 Å². The monoisotopic (exact) mass is 188 g/mol. The predicted octanol–water partition coefficient (Wildman–Crippen LogP) is 2.98. The summed E-state index contributed by atoms with van der Waals surface area (Å²) >= 11 is 0. The van der Waals surface area contributed by atoms with Gasteiger partial charge in [-0.2, -0.15) is 0 Å². The lowest BCUT2D eigenvalue weighted by molar-refractivity contribution is 0.0696. The van der Waals surface area contributed by atoms with Gasteiger partial charge in [-0.15, -0.1) is 0 Å². The summed E-state index contributed by atoms with van der Waals surface area (Å²) in [6.45, 7) is 9.09. The van der Waals surface area contributed by atoms with E-state index in [1.165, 1.54) is 0 Å². The van der Waals surface area contributed by atoms with Crippen LogP contribution in [-0.4, -0.2) is 11.1 Å². The number of hydrogen-bond acceptors (Lipinski definition) is 1. The Hall–Kier alpha value is -1.83. The number of carbonyl (C=O) groups is 1. The minimum Gasteiger partial charge on any atom is -0.478 e. The first-order chi connectivity index (χ1) is 6.61. The molecule has 0 saturated heterocycles. The van der Waals surface area contributed by atoms with Crippen molar-refractivity contribution in [1.29, 1.82) is 0 Å². The van der Waals surface area contributed by atoms with Crippen LogP contribution in [-0.2, 0) is 0 Å². The molecule has 14 heavy (non-hydrogen) atoms. The van der Waals surface area contributed by atoms with Gasteiger partial charge >= 0.3 is 5.97 Å². The molecule has 1 N–H and O–H groups in total. The Bertz CT molecular complexity index is 403. The lowest BCUT2D eigenvalue weighted by Crippen LogP contribution is -2.02. The molecule has 0 saturated carbocycles. The fourth-order valence-electron chi connectivity index (χ4n) is 1.43. The van der Waals surface area contributed by atoms with Crippen molar-refractivity contribution in [3.05, 3.63) is 47.5 Å². The van der Waals surface area contributed by atoms with Crippen molar-refractivity contribution in [2.75, 3.05) is 0 Å². The summed E-state index contributed by atoms with van der Waals surface area (Å²) in [5, 5.41) is 8.89. The van der Waals surface area contributed by atoms with E-state index in [4.69, 9.17) is 5.11 Å². The second kappa shape index (κ2) is 3.92. The molecule has 2 heteroatoms. The molecule has 1 rings (SSSR count). The van der Waals surface area contributed by atoms with Crippen LogP contribution in [0, 0.1) is 6.92 Å². The Morgan fingerprint density at radius 1 is 1.36 bits per heavy atom. The lowest BCUT2D eigenvalue weighted by atomic mass is 9.97. The third kappa shape index (κ3) is 1.59. The first kappa shape index (κ1) is 10.3. The number of benzene rings is 1. The van der Waals surface area contributed by atoms with E-state index in [1.54, 1.807) is 31.2 Å². The Morgan fingerprint density at radius 3 is 2.43 bits per heavy atom. The second-order valence-electron chi connectivity index (χ2n) is 2.95. The van der Waals surface area contributed by atoms with Gasteiger partial charge in [-0.05, 0) is 29.7 Å². The summed E-state index contributed by atoms with van der Waals surface area (Å²) in [5.74, 6) is -0.916. The Balaban J connectivity index is 3.49. The molecule has 0 unspecified atom stereocenters. The third-order valence-corrected chi connectivity index (χ3v) is 2.20. The van der Waals surface area contributed by atoms with Crippen molar-refractivity contribution in [2.24, 2.45) is 0 Å². The van der Waals surface area contributed by atoms with Crippen LogP contribution in [0.15, 0.2) is 25.3 Å². The van der Waals surface area contributed by atoms with Gasteiger partial charge in [0.25, 0.3) is 0 Å². The molecule has 0 aromatic heterocycles. The highest BCUT2D eigenvalue weighted by atomic mass is 16.4. The Kier molecular flexibility index (Phi) is 2.87. The summed E-state index contributed by atoms with van der Waals surface area (Å²) < 4.78 is 0. The van der Waals surface area contributed by atoms with Crippen LogP contribution in [0.25, 0.3) is 12.2 Å². The molecule has 0 radical (unpaired) electrons. The summed E-state index contributed by atoms with van der Waals surface area (Å²) in [6.07, 6.45) is 3.34. The zero-order chi connectivity index (χ0) is 10.7. The maximum Gasteiger partial charge on any atom is 0.335 e.